The molecule has 0 aliphatic heterocycles. The van der Waals surface area contributed by atoms with Crippen LogP contribution in [-0.4, -0.2) is 37.4 Å². The van der Waals surface area contributed by atoms with Crippen LogP contribution in [0.3, 0.4) is 0 Å². The van der Waals surface area contributed by atoms with Gasteiger partial charge < -0.3 is 10.5 Å². The maximum absolute atomic E-state index is 12.1. The number of hydrogen-bond donors (Lipinski definition) is 2. The molecule has 112 valence electrons. The SMILES string of the molecule is CCN(CC)S(=O)(=O)Nc1cccc(OCC(N)=S)c1. The van der Waals surface area contributed by atoms with Crippen LogP contribution >= 0.6 is 12.2 Å². The molecule has 3 N–H and O–H groups in total. The lowest BCUT2D eigenvalue weighted by Gasteiger charge is -2.19. The van der Waals surface area contributed by atoms with Gasteiger partial charge in [0.2, 0.25) is 0 Å². The first-order chi connectivity index (χ1) is 9.39. The number of nitrogens with zero attached hydrogens (tertiary/aromatic N) is 1. The van der Waals surface area contributed by atoms with Gasteiger partial charge in [-0.2, -0.15) is 12.7 Å². The molecule has 0 aromatic heterocycles. The molecule has 0 heterocycles. The molecule has 0 aliphatic carbocycles. The Morgan fingerprint density at radius 1 is 1.40 bits per heavy atom. The number of nitrogens with one attached hydrogen (secondary N) is 1. The number of hydrogen-bond acceptors (Lipinski definition) is 4. The van der Waals surface area contributed by atoms with Crippen molar-refractivity contribution in [2.24, 2.45) is 5.73 Å². The lowest BCUT2D eigenvalue weighted by molar-refractivity contribution is 0.378. The summed E-state index contributed by atoms with van der Waals surface area (Å²) in [6.07, 6.45) is 0. The lowest BCUT2D eigenvalue weighted by atomic mass is 10.3. The first-order valence-corrected chi connectivity index (χ1v) is 8.03. The third kappa shape index (κ3) is 4.95. The van der Waals surface area contributed by atoms with Crippen molar-refractivity contribution < 1.29 is 13.2 Å². The second-order valence-electron chi connectivity index (χ2n) is 3.97. The number of anilines is 1. The Morgan fingerprint density at radius 3 is 2.60 bits per heavy atom. The van der Waals surface area contributed by atoms with E-state index in [1.54, 1.807) is 38.1 Å². The summed E-state index contributed by atoms with van der Waals surface area (Å²) in [4.78, 5) is 0.235. The van der Waals surface area contributed by atoms with Crippen molar-refractivity contribution in [3.05, 3.63) is 24.3 Å². The fourth-order valence-corrected chi connectivity index (χ4v) is 2.87. The number of nitrogens with two attached hydrogens (primary N) is 1. The summed E-state index contributed by atoms with van der Waals surface area (Å²) in [6, 6.07) is 6.62. The highest BCUT2D eigenvalue weighted by Crippen LogP contribution is 2.19. The van der Waals surface area contributed by atoms with E-state index < -0.39 is 10.2 Å². The second kappa shape index (κ2) is 7.41. The maximum Gasteiger partial charge on any atom is 0.301 e. The van der Waals surface area contributed by atoms with Crippen LogP contribution in [0.4, 0.5) is 5.69 Å². The first kappa shape index (κ1) is 16.7. The molecule has 8 heteroatoms. The molecule has 1 aromatic carbocycles. The van der Waals surface area contributed by atoms with Gasteiger partial charge in [0, 0.05) is 19.2 Å². The number of thiocarbonyl (C=S) groups is 1. The van der Waals surface area contributed by atoms with Gasteiger partial charge in [0.15, 0.2) is 0 Å². The third-order valence-electron chi connectivity index (χ3n) is 2.51. The van der Waals surface area contributed by atoms with Crippen molar-refractivity contribution in [2.75, 3.05) is 24.4 Å². The average Bonchev–Trinajstić information content (AvgIpc) is 2.37. The van der Waals surface area contributed by atoms with E-state index in [9.17, 15) is 8.42 Å². The lowest BCUT2D eigenvalue weighted by Crippen LogP contribution is -2.35. The predicted octanol–water partition coefficient (Wildman–Crippen LogP) is 1.35. The summed E-state index contributed by atoms with van der Waals surface area (Å²) in [6.45, 7) is 4.49. The van der Waals surface area contributed by atoms with E-state index in [4.69, 9.17) is 22.7 Å². The van der Waals surface area contributed by atoms with E-state index in [-0.39, 0.29) is 11.6 Å². The number of ether oxygens (including phenoxy) is 1. The van der Waals surface area contributed by atoms with Crippen LogP contribution in [0.1, 0.15) is 13.8 Å². The van der Waals surface area contributed by atoms with Gasteiger partial charge in [-0.1, -0.05) is 32.1 Å². The largest absolute Gasteiger partial charge is 0.486 e. The molecule has 1 aromatic rings. The quantitative estimate of drug-likeness (QED) is 0.707. The van der Waals surface area contributed by atoms with Crippen LogP contribution < -0.4 is 15.2 Å². The summed E-state index contributed by atoms with van der Waals surface area (Å²) >= 11 is 4.72. The van der Waals surface area contributed by atoms with Crippen LogP contribution in [-0.2, 0) is 10.2 Å². The molecule has 0 fully saturated rings. The van der Waals surface area contributed by atoms with Crippen LogP contribution in [0.25, 0.3) is 0 Å². The van der Waals surface area contributed by atoms with Crippen molar-refractivity contribution >= 4 is 33.1 Å². The zero-order chi connectivity index (χ0) is 15.2. The van der Waals surface area contributed by atoms with Gasteiger partial charge >= 0.3 is 10.2 Å². The Bertz CT molecular complexity index is 557. The molecule has 0 bridgehead atoms. The van der Waals surface area contributed by atoms with E-state index in [2.05, 4.69) is 4.72 Å². The van der Waals surface area contributed by atoms with Gasteiger partial charge in [0.1, 0.15) is 17.3 Å². The van der Waals surface area contributed by atoms with Crippen LogP contribution in [0.5, 0.6) is 5.75 Å². The molecule has 20 heavy (non-hydrogen) atoms. The second-order valence-corrected chi connectivity index (χ2v) is 6.17. The molecule has 0 spiro atoms. The van der Waals surface area contributed by atoms with Gasteiger partial charge in [-0.25, -0.2) is 0 Å². The molecule has 6 nitrogen and oxygen atoms in total. The highest BCUT2D eigenvalue weighted by molar-refractivity contribution is 7.90. The fourth-order valence-electron chi connectivity index (χ4n) is 1.58. The molecule has 0 saturated carbocycles. The Morgan fingerprint density at radius 2 is 2.05 bits per heavy atom. The highest BCUT2D eigenvalue weighted by atomic mass is 32.2. The third-order valence-corrected chi connectivity index (χ3v) is 4.32. The summed E-state index contributed by atoms with van der Waals surface area (Å²) in [5.74, 6) is 0.498. The summed E-state index contributed by atoms with van der Waals surface area (Å²) < 4.78 is 33.3. The molecule has 0 radical (unpaired) electrons. The maximum atomic E-state index is 12.1. The Kier molecular flexibility index (Phi) is 6.18. The van der Waals surface area contributed by atoms with Crippen LogP contribution in [0, 0.1) is 0 Å². The minimum Gasteiger partial charge on any atom is -0.486 e. The van der Waals surface area contributed by atoms with Gasteiger partial charge in [-0.3, -0.25) is 4.72 Å². The zero-order valence-electron chi connectivity index (χ0n) is 11.5. The summed E-state index contributed by atoms with van der Waals surface area (Å²) in [5.41, 5.74) is 5.77. The van der Waals surface area contributed by atoms with E-state index in [0.29, 0.717) is 24.5 Å². The Balaban J connectivity index is 2.82. The summed E-state index contributed by atoms with van der Waals surface area (Å²) in [7, 11) is -3.55. The van der Waals surface area contributed by atoms with Gasteiger partial charge in [-0.15, -0.1) is 0 Å². The van der Waals surface area contributed by atoms with Gasteiger partial charge in [-0.05, 0) is 12.1 Å². The zero-order valence-corrected chi connectivity index (χ0v) is 13.1. The summed E-state index contributed by atoms with van der Waals surface area (Å²) in [5, 5.41) is 0. The molecule has 0 saturated heterocycles. The molecule has 0 atom stereocenters. The number of rotatable bonds is 8. The topological polar surface area (TPSA) is 84.7 Å². The van der Waals surface area contributed by atoms with E-state index in [1.165, 1.54) is 4.31 Å². The van der Waals surface area contributed by atoms with Gasteiger partial charge in [0.05, 0.1) is 5.69 Å². The Hall–Kier alpha value is -1.38. The molecule has 1 rings (SSSR count). The van der Waals surface area contributed by atoms with Crippen LogP contribution in [0.2, 0.25) is 0 Å². The van der Waals surface area contributed by atoms with Crippen molar-refractivity contribution in [1.29, 1.82) is 0 Å². The van der Waals surface area contributed by atoms with Gasteiger partial charge in [0.25, 0.3) is 0 Å². The predicted molar refractivity (Wildman–Crippen MR) is 84.2 cm³/mol. The minimum atomic E-state index is -3.55. The molecule has 0 unspecified atom stereocenters. The monoisotopic (exact) mass is 317 g/mol. The van der Waals surface area contributed by atoms with E-state index >= 15 is 0 Å². The van der Waals surface area contributed by atoms with Crippen molar-refractivity contribution in [3.63, 3.8) is 0 Å². The average molecular weight is 317 g/mol. The smallest absolute Gasteiger partial charge is 0.301 e. The minimum absolute atomic E-state index is 0.113. The Labute approximate surface area is 125 Å². The molecule has 0 aliphatic rings. The molecular formula is C12H19N3O3S2. The van der Waals surface area contributed by atoms with E-state index in [0.717, 1.165) is 0 Å². The normalized spacial score (nSPS) is 11.3. The highest BCUT2D eigenvalue weighted by Gasteiger charge is 2.18. The van der Waals surface area contributed by atoms with Crippen LogP contribution in [0.15, 0.2) is 24.3 Å². The van der Waals surface area contributed by atoms with Crippen molar-refractivity contribution in [2.45, 2.75) is 13.8 Å². The molecule has 0 amide bonds. The van der Waals surface area contributed by atoms with E-state index in [1.807, 2.05) is 0 Å². The standard InChI is InChI=1S/C12H19N3O3S2/c1-3-15(4-2)20(16,17)14-10-6-5-7-11(8-10)18-9-12(13)19/h5-8,14H,3-4,9H2,1-2H3,(H2,13,19). The van der Waals surface area contributed by atoms with Crippen molar-refractivity contribution in [3.8, 4) is 5.75 Å². The van der Waals surface area contributed by atoms with Crippen molar-refractivity contribution in [1.82, 2.24) is 4.31 Å². The fraction of sp³-hybridized carbons (Fsp3) is 0.417. The molecular weight excluding hydrogens is 298 g/mol. The number of benzene rings is 1. The first-order valence-electron chi connectivity index (χ1n) is 6.18.